The van der Waals surface area contributed by atoms with E-state index in [0.717, 1.165) is 0 Å². The molecule has 1 rings (SSSR count). The summed E-state index contributed by atoms with van der Waals surface area (Å²) in [7, 11) is 1.44. The van der Waals surface area contributed by atoms with Crippen LogP contribution in [0, 0.1) is 0 Å². The molecular weight excluding hydrogens is 326 g/mol. The number of hydrogen-bond acceptors (Lipinski definition) is 4. The molecule has 0 aromatic heterocycles. The van der Waals surface area contributed by atoms with Gasteiger partial charge in [0.15, 0.2) is 0 Å². The van der Waals surface area contributed by atoms with E-state index in [2.05, 4.69) is 16.0 Å². The highest BCUT2D eigenvalue weighted by Crippen LogP contribution is 2.17. The summed E-state index contributed by atoms with van der Waals surface area (Å²) in [5, 5.41) is 16.8. The van der Waals surface area contributed by atoms with E-state index < -0.39 is 23.6 Å². The predicted molar refractivity (Wildman–Crippen MR) is 94.6 cm³/mol. The molecule has 0 heterocycles. The number of hydrogen-bond donors (Lipinski definition) is 4. The van der Waals surface area contributed by atoms with E-state index in [-0.39, 0.29) is 12.3 Å². The maximum absolute atomic E-state index is 12.1. The number of carboxylic acids is 1. The number of rotatable bonds is 8. The molecule has 0 aliphatic rings. The molecule has 1 aromatic carbocycles. The van der Waals surface area contributed by atoms with Gasteiger partial charge >= 0.3 is 12.0 Å². The SMILES string of the molecule is COC(C)C(=O)Nc1cccc(NC(=O)NC(C)(C)CCC(=O)O)c1. The molecule has 8 nitrogen and oxygen atoms in total. The van der Waals surface area contributed by atoms with Gasteiger partial charge in [-0.2, -0.15) is 0 Å². The molecule has 0 aliphatic carbocycles. The number of anilines is 2. The van der Waals surface area contributed by atoms with Gasteiger partial charge in [-0.15, -0.1) is 0 Å². The normalized spacial score (nSPS) is 12.2. The lowest BCUT2D eigenvalue weighted by molar-refractivity contribution is -0.137. The van der Waals surface area contributed by atoms with Crippen molar-refractivity contribution in [1.29, 1.82) is 0 Å². The Kier molecular flexibility index (Phi) is 7.38. The Balaban J connectivity index is 2.64. The molecule has 0 bridgehead atoms. The first-order chi connectivity index (χ1) is 11.6. The van der Waals surface area contributed by atoms with Gasteiger partial charge in [0.05, 0.1) is 0 Å². The van der Waals surface area contributed by atoms with Gasteiger partial charge in [-0.1, -0.05) is 6.07 Å². The number of urea groups is 1. The number of aliphatic carboxylic acids is 1. The highest BCUT2D eigenvalue weighted by Gasteiger charge is 2.21. The van der Waals surface area contributed by atoms with Crippen LogP contribution in [0.15, 0.2) is 24.3 Å². The number of amides is 3. The van der Waals surface area contributed by atoms with Crippen molar-refractivity contribution in [3.05, 3.63) is 24.3 Å². The third-order valence-electron chi connectivity index (χ3n) is 3.53. The minimum atomic E-state index is -0.913. The maximum Gasteiger partial charge on any atom is 0.319 e. The highest BCUT2D eigenvalue weighted by molar-refractivity contribution is 5.95. The quantitative estimate of drug-likeness (QED) is 0.574. The van der Waals surface area contributed by atoms with Crippen LogP contribution in [0.5, 0.6) is 0 Å². The van der Waals surface area contributed by atoms with Crippen molar-refractivity contribution < 1.29 is 24.2 Å². The van der Waals surface area contributed by atoms with E-state index in [1.807, 2.05) is 0 Å². The number of nitrogens with one attached hydrogen (secondary N) is 3. The average molecular weight is 351 g/mol. The zero-order valence-corrected chi connectivity index (χ0v) is 14.9. The molecule has 1 unspecified atom stereocenters. The van der Waals surface area contributed by atoms with Crippen LogP contribution < -0.4 is 16.0 Å². The van der Waals surface area contributed by atoms with Crippen molar-refractivity contribution >= 4 is 29.3 Å². The summed E-state index contributed by atoms with van der Waals surface area (Å²) in [5.41, 5.74) is 0.355. The van der Waals surface area contributed by atoms with E-state index in [4.69, 9.17) is 9.84 Å². The van der Waals surface area contributed by atoms with Crippen molar-refractivity contribution in [3.63, 3.8) is 0 Å². The van der Waals surface area contributed by atoms with Gasteiger partial charge < -0.3 is 25.8 Å². The zero-order valence-electron chi connectivity index (χ0n) is 14.9. The van der Waals surface area contributed by atoms with Gasteiger partial charge in [-0.05, 0) is 45.4 Å². The topological polar surface area (TPSA) is 117 Å². The van der Waals surface area contributed by atoms with Gasteiger partial charge in [0.1, 0.15) is 6.10 Å². The van der Waals surface area contributed by atoms with Gasteiger partial charge in [0.2, 0.25) is 0 Å². The molecule has 25 heavy (non-hydrogen) atoms. The number of carbonyl (C=O) groups excluding carboxylic acids is 2. The second-order valence-electron chi connectivity index (χ2n) is 6.30. The van der Waals surface area contributed by atoms with Crippen LogP contribution in [0.3, 0.4) is 0 Å². The van der Waals surface area contributed by atoms with E-state index in [0.29, 0.717) is 17.8 Å². The van der Waals surface area contributed by atoms with Crippen molar-refractivity contribution in [2.24, 2.45) is 0 Å². The van der Waals surface area contributed by atoms with E-state index in [9.17, 15) is 14.4 Å². The summed E-state index contributed by atoms with van der Waals surface area (Å²) < 4.78 is 4.94. The number of benzene rings is 1. The summed E-state index contributed by atoms with van der Waals surface area (Å²) in [4.78, 5) is 34.5. The Hall–Kier alpha value is -2.61. The first-order valence-corrected chi connectivity index (χ1v) is 7.87. The smallest absolute Gasteiger partial charge is 0.319 e. The first-order valence-electron chi connectivity index (χ1n) is 7.87. The molecule has 8 heteroatoms. The third kappa shape index (κ3) is 7.67. The maximum atomic E-state index is 12.1. The fourth-order valence-electron chi connectivity index (χ4n) is 1.98. The Morgan fingerprint density at radius 2 is 1.80 bits per heavy atom. The molecule has 0 spiro atoms. The van der Waals surface area contributed by atoms with Crippen LogP contribution in [-0.2, 0) is 14.3 Å². The van der Waals surface area contributed by atoms with Crippen molar-refractivity contribution in [2.45, 2.75) is 45.3 Å². The Bertz CT molecular complexity index is 630. The van der Waals surface area contributed by atoms with E-state index >= 15 is 0 Å². The number of ether oxygens (including phenoxy) is 1. The molecule has 0 saturated carbocycles. The summed E-state index contributed by atoms with van der Waals surface area (Å²) in [6, 6.07) is 6.23. The van der Waals surface area contributed by atoms with Gasteiger partial charge in [-0.25, -0.2) is 4.79 Å². The van der Waals surface area contributed by atoms with Crippen molar-refractivity contribution in [2.75, 3.05) is 17.7 Å². The van der Waals surface area contributed by atoms with Crippen LogP contribution in [0.25, 0.3) is 0 Å². The average Bonchev–Trinajstić information content (AvgIpc) is 2.52. The summed E-state index contributed by atoms with van der Waals surface area (Å²) >= 11 is 0. The second-order valence-corrected chi connectivity index (χ2v) is 6.30. The minimum Gasteiger partial charge on any atom is -0.481 e. The lowest BCUT2D eigenvalue weighted by Gasteiger charge is -2.25. The molecule has 1 atom stereocenters. The Morgan fingerprint density at radius 1 is 1.20 bits per heavy atom. The first kappa shape index (κ1) is 20.4. The predicted octanol–water partition coefficient (Wildman–Crippen LogP) is 2.42. The fraction of sp³-hybridized carbons (Fsp3) is 0.471. The van der Waals surface area contributed by atoms with E-state index in [1.54, 1.807) is 45.0 Å². The lowest BCUT2D eigenvalue weighted by Crippen LogP contribution is -2.45. The van der Waals surface area contributed by atoms with Crippen LogP contribution in [0.2, 0.25) is 0 Å². The monoisotopic (exact) mass is 351 g/mol. The molecule has 4 N–H and O–H groups in total. The van der Waals surface area contributed by atoms with Crippen LogP contribution in [0.1, 0.15) is 33.6 Å². The molecule has 138 valence electrons. The molecule has 3 amide bonds. The standard InChI is InChI=1S/C17H25N3O5/c1-11(25-4)15(23)18-12-6-5-7-13(10-12)19-16(24)20-17(2,3)9-8-14(21)22/h5-7,10-11H,8-9H2,1-4H3,(H,18,23)(H,21,22)(H2,19,20,24). The minimum absolute atomic E-state index is 0.0352. The van der Waals surface area contributed by atoms with Crippen LogP contribution in [-0.4, -0.2) is 41.8 Å². The molecular formula is C17H25N3O5. The van der Waals surface area contributed by atoms with Crippen LogP contribution in [0.4, 0.5) is 16.2 Å². The summed E-state index contributed by atoms with van der Waals surface area (Å²) in [6.07, 6.45) is -0.317. The fourth-order valence-corrected chi connectivity index (χ4v) is 1.98. The van der Waals surface area contributed by atoms with E-state index in [1.165, 1.54) is 7.11 Å². The van der Waals surface area contributed by atoms with Gasteiger partial charge in [-0.3, -0.25) is 9.59 Å². The Labute approximate surface area is 146 Å². The molecule has 0 saturated heterocycles. The zero-order chi connectivity index (χ0) is 19.0. The molecule has 0 aliphatic heterocycles. The molecule has 0 radical (unpaired) electrons. The highest BCUT2D eigenvalue weighted by atomic mass is 16.5. The Morgan fingerprint density at radius 3 is 2.36 bits per heavy atom. The third-order valence-corrected chi connectivity index (χ3v) is 3.53. The lowest BCUT2D eigenvalue weighted by atomic mass is 9.99. The molecule has 0 fully saturated rings. The van der Waals surface area contributed by atoms with Gasteiger partial charge in [0.25, 0.3) is 5.91 Å². The number of methoxy groups -OCH3 is 1. The summed E-state index contributed by atoms with van der Waals surface area (Å²) in [6.45, 7) is 5.13. The largest absolute Gasteiger partial charge is 0.481 e. The summed E-state index contributed by atoms with van der Waals surface area (Å²) in [5.74, 6) is -1.21. The second kappa shape index (κ2) is 9.03. The molecule has 1 aromatic rings. The number of carbonyl (C=O) groups is 3. The van der Waals surface area contributed by atoms with Crippen molar-refractivity contribution in [1.82, 2.24) is 5.32 Å². The van der Waals surface area contributed by atoms with Gasteiger partial charge in [0, 0.05) is 30.4 Å². The van der Waals surface area contributed by atoms with Crippen molar-refractivity contribution in [3.8, 4) is 0 Å². The van der Waals surface area contributed by atoms with Crippen LogP contribution >= 0.6 is 0 Å². The number of carboxylic acid groups (broad SMARTS) is 1.